The zero-order valence-corrected chi connectivity index (χ0v) is 13.2. The van der Waals surface area contributed by atoms with E-state index in [-0.39, 0.29) is 11.3 Å². The van der Waals surface area contributed by atoms with Gasteiger partial charge < -0.3 is 4.74 Å². The van der Waals surface area contributed by atoms with Gasteiger partial charge in [-0.25, -0.2) is 4.39 Å². The molecule has 1 aromatic rings. The molecule has 1 aliphatic rings. The van der Waals surface area contributed by atoms with Gasteiger partial charge in [-0.1, -0.05) is 38.0 Å². The standard InChI is InChI=1S/C19H17FN2O2/c1-2-6-16(13-22)24-18(23)19(9-4-3-5-10-19)15-8-7-14(12-21)17(20)11-15/h2,6-8,11H,1,3-5,9-10H2/b16-6-. The summed E-state index contributed by atoms with van der Waals surface area (Å²) in [5.74, 6) is -1.37. The molecule has 0 unspecified atom stereocenters. The normalized spacial score (nSPS) is 16.5. The molecular weight excluding hydrogens is 307 g/mol. The van der Waals surface area contributed by atoms with Crippen LogP contribution >= 0.6 is 0 Å². The number of carbonyl (C=O) groups excluding carboxylic acids is 1. The highest BCUT2D eigenvalue weighted by molar-refractivity contribution is 5.84. The number of hydrogen-bond acceptors (Lipinski definition) is 4. The highest BCUT2D eigenvalue weighted by Gasteiger charge is 2.43. The highest BCUT2D eigenvalue weighted by atomic mass is 19.1. The lowest BCUT2D eigenvalue weighted by molar-refractivity contribution is -0.147. The topological polar surface area (TPSA) is 73.9 Å². The summed E-state index contributed by atoms with van der Waals surface area (Å²) in [6.07, 6.45) is 6.32. The molecule has 1 aliphatic carbocycles. The molecule has 5 heteroatoms. The molecule has 0 spiro atoms. The molecule has 0 amide bonds. The first-order valence-corrected chi connectivity index (χ1v) is 7.72. The number of hydrogen-bond donors (Lipinski definition) is 0. The lowest BCUT2D eigenvalue weighted by Gasteiger charge is -2.35. The van der Waals surface area contributed by atoms with Crippen LogP contribution in [0.4, 0.5) is 4.39 Å². The Kier molecular flexibility index (Phi) is 5.50. The molecule has 0 atom stereocenters. The minimum Gasteiger partial charge on any atom is -0.414 e. The third kappa shape index (κ3) is 3.36. The summed E-state index contributed by atoms with van der Waals surface area (Å²) in [4.78, 5) is 12.8. The second-order valence-corrected chi connectivity index (χ2v) is 5.72. The van der Waals surface area contributed by atoms with Gasteiger partial charge in [0.25, 0.3) is 0 Å². The Labute approximate surface area is 140 Å². The predicted molar refractivity (Wildman–Crippen MR) is 85.9 cm³/mol. The number of ether oxygens (including phenoxy) is 1. The van der Waals surface area contributed by atoms with Crippen molar-refractivity contribution in [3.8, 4) is 12.1 Å². The van der Waals surface area contributed by atoms with E-state index in [0.717, 1.165) is 19.3 Å². The maximum absolute atomic E-state index is 14.0. The molecule has 0 N–H and O–H groups in total. The third-order valence-electron chi connectivity index (χ3n) is 4.32. The molecule has 24 heavy (non-hydrogen) atoms. The molecule has 1 saturated carbocycles. The fourth-order valence-electron chi connectivity index (χ4n) is 3.07. The number of benzene rings is 1. The number of halogens is 1. The van der Waals surface area contributed by atoms with Gasteiger partial charge in [0, 0.05) is 0 Å². The Morgan fingerprint density at radius 3 is 2.54 bits per heavy atom. The third-order valence-corrected chi connectivity index (χ3v) is 4.32. The minimum atomic E-state index is -0.996. The predicted octanol–water partition coefficient (Wildman–Crippen LogP) is 4.04. The van der Waals surface area contributed by atoms with Crippen molar-refractivity contribution in [2.24, 2.45) is 0 Å². The van der Waals surface area contributed by atoms with Gasteiger partial charge in [0.05, 0.1) is 11.0 Å². The van der Waals surface area contributed by atoms with E-state index in [0.29, 0.717) is 18.4 Å². The van der Waals surface area contributed by atoms with E-state index in [1.807, 2.05) is 0 Å². The average Bonchev–Trinajstić information content (AvgIpc) is 2.61. The first-order chi connectivity index (χ1) is 11.6. The number of esters is 1. The Bertz CT molecular complexity index is 763. The van der Waals surface area contributed by atoms with Crippen LogP contribution in [-0.4, -0.2) is 5.97 Å². The number of nitriles is 2. The van der Waals surface area contributed by atoms with Crippen LogP contribution < -0.4 is 0 Å². The second-order valence-electron chi connectivity index (χ2n) is 5.72. The molecule has 0 aromatic heterocycles. The van der Waals surface area contributed by atoms with Gasteiger partial charge in [-0.3, -0.25) is 4.79 Å². The summed E-state index contributed by atoms with van der Waals surface area (Å²) in [7, 11) is 0. The van der Waals surface area contributed by atoms with Gasteiger partial charge >= 0.3 is 5.97 Å². The van der Waals surface area contributed by atoms with Crippen LogP contribution in [0, 0.1) is 28.5 Å². The zero-order chi connectivity index (χ0) is 17.6. The maximum atomic E-state index is 14.0. The van der Waals surface area contributed by atoms with Crippen molar-refractivity contribution in [1.29, 1.82) is 10.5 Å². The Morgan fingerprint density at radius 2 is 2.00 bits per heavy atom. The van der Waals surface area contributed by atoms with Crippen LogP contribution in [0.1, 0.15) is 43.2 Å². The van der Waals surface area contributed by atoms with Crippen molar-refractivity contribution in [3.63, 3.8) is 0 Å². The highest BCUT2D eigenvalue weighted by Crippen LogP contribution is 2.41. The summed E-state index contributed by atoms with van der Waals surface area (Å²) < 4.78 is 19.3. The van der Waals surface area contributed by atoms with Gasteiger partial charge in [-0.15, -0.1) is 0 Å². The molecule has 0 heterocycles. The summed E-state index contributed by atoms with van der Waals surface area (Å²) in [5.41, 5.74) is -0.577. The van der Waals surface area contributed by atoms with Crippen molar-refractivity contribution >= 4 is 5.97 Å². The summed E-state index contributed by atoms with van der Waals surface area (Å²) >= 11 is 0. The Balaban J connectivity index is 2.44. The van der Waals surface area contributed by atoms with Crippen molar-refractivity contribution in [3.05, 3.63) is 59.6 Å². The molecule has 0 bridgehead atoms. The lowest BCUT2D eigenvalue weighted by Crippen LogP contribution is -2.39. The number of nitrogens with zero attached hydrogens (tertiary/aromatic N) is 2. The smallest absolute Gasteiger partial charge is 0.322 e. The van der Waals surface area contributed by atoms with Crippen molar-refractivity contribution in [2.45, 2.75) is 37.5 Å². The number of allylic oxidation sites excluding steroid dienone is 3. The van der Waals surface area contributed by atoms with E-state index in [1.165, 1.54) is 24.3 Å². The van der Waals surface area contributed by atoms with Crippen LogP contribution in [-0.2, 0) is 14.9 Å². The fraction of sp³-hybridized carbons (Fsp3) is 0.316. The van der Waals surface area contributed by atoms with Gasteiger partial charge in [0.1, 0.15) is 18.0 Å². The van der Waals surface area contributed by atoms with Crippen LogP contribution in [0.5, 0.6) is 0 Å². The van der Waals surface area contributed by atoms with Crippen LogP contribution in [0.15, 0.2) is 42.7 Å². The Morgan fingerprint density at radius 1 is 1.29 bits per heavy atom. The van der Waals surface area contributed by atoms with Crippen LogP contribution in [0.2, 0.25) is 0 Å². The van der Waals surface area contributed by atoms with Gasteiger partial charge in [0.15, 0.2) is 0 Å². The van der Waals surface area contributed by atoms with E-state index in [1.54, 1.807) is 18.2 Å². The van der Waals surface area contributed by atoms with E-state index in [9.17, 15) is 9.18 Å². The van der Waals surface area contributed by atoms with Crippen LogP contribution in [0.3, 0.4) is 0 Å². The van der Waals surface area contributed by atoms with Crippen molar-refractivity contribution < 1.29 is 13.9 Å². The van der Waals surface area contributed by atoms with E-state index >= 15 is 0 Å². The monoisotopic (exact) mass is 324 g/mol. The summed E-state index contributed by atoms with van der Waals surface area (Å²) in [6, 6.07) is 7.77. The molecule has 0 aliphatic heterocycles. The molecule has 0 saturated heterocycles. The maximum Gasteiger partial charge on any atom is 0.322 e. The van der Waals surface area contributed by atoms with Gasteiger partial charge in [0.2, 0.25) is 5.76 Å². The molecule has 1 fully saturated rings. The SMILES string of the molecule is C=C/C=C(/C#N)OC(=O)C1(c2ccc(C#N)c(F)c2)CCCCC1. The zero-order valence-electron chi connectivity index (χ0n) is 13.2. The molecule has 1 aromatic carbocycles. The quantitative estimate of drug-likeness (QED) is 0.363. The minimum absolute atomic E-state index is 0.0673. The summed E-state index contributed by atoms with van der Waals surface area (Å²) in [6.45, 7) is 3.48. The average molecular weight is 324 g/mol. The fourth-order valence-corrected chi connectivity index (χ4v) is 3.07. The van der Waals surface area contributed by atoms with E-state index in [2.05, 4.69) is 6.58 Å². The molecule has 4 nitrogen and oxygen atoms in total. The lowest BCUT2D eigenvalue weighted by atomic mass is 9.69. The molecule has 2 rings (SSSR count). The van der Waals surface area contributed by atoms with Crippen molar-refractivity contribution in [1.82, 2.24) is 0 Å². The largest absolute Gasteiger partial charge is 0.414 e. The van der Waals surface area contributed by atoms with Crippen molar-refractivity contribution in [2.75, 3.05) is 0 Å². The number of rotatable bonds is 4. The molecule has 0 radical (unpaired) electrons. The molecular formula is C19H17FN2O2. The Hall–Kier alpha value is -2.92. The second kappa shape index (κ2) is 7.57. The van der Waals surface area contributed by atoms with Crippen LogP contribution in [0.25, 0.3) is 0 Å². The van der Waals surface area contributed by atoms with E-state index < -0.39 is 17.2 Å². The first kappa shape index (κ1) is 17.4. The number of carbonyl (C=O) groups is 1. The van der Waals surface area contributed by atoms with E-state index in [4.69, 9.17) is 15.3 Å². The first-order valence-electron chi connectivity index (χ1n) is 7.72. The van der Waals surface area contributed by atoms with Gasteiger partial charge in [-0.05, 0) is 36.6 Å². The van der Waals surface area contributed by atoms with Gasteiger partial charge in [-0.2, -0.15) is 10.5 Å². The molecule has 122 valence electrons. The summed E-state index contributed by atoms with van der Waals surface area (Å²) in [5, 5.41) is 17.9.